The standard InChI is InChI=1S/C20H24O2/c1-2-19(21)22-13-14-3-5-18(6-4-14)20-10-15-7-16(11-20)9-17(8-15)12-20/h2-6,15-17H,1,7-13H2. The van der Waals surface area contributed by atoms with Crippen LogP contribution < -0.4 is 0 Å². The summed E-state index contributed by atoms with van der Waals surface area (Å²) in [5.74, 6) is 2.56. The van der Waals surface area contributed by atoms with Crippen LogP contribution in [0.25, 0.3) is 0 Å². The second-order valence-electron chi connectivity index (χ2n) is 7.71. The van der Waals surface area contributed by atoms with Gasteiger partial charge in [0.2, 0.25) is 0 Å². The summed E-state index contributed by atoms with van der Waals surface area (Å²) in [4.78, 5) is 11.1. The molecule has 2 nitrogen and oxygen atoms in total. The zero-order chi connectivity index (χ0) is 15.2. The number of rotatable bonds is 4. The van der Waals surface area contributed by atoms with Crippen molar-refractivity contribution in [2.75, 3.05) is 0 Å². The highest BCUT2D eigenvalue weighted by Gasteiger charge is 2.51. The Morgan fingerprint density at radius 3 is 2.14 bits per heavy atom. The molecule has 4 aliphatic rings. The van der Waals surface area contributed by atoms with Gasteiger partial charge in [0.05, 0.1) is 0 Å². The fraction of sp³-hybridized carbons (Fsp3) is 0.550. The van der Waals surface area contributed by atoms with Crippen LogP contribution in [0.2, 0.25) is 0 Å². The van der Waals surface area contributed by atoms with Crippen molar-refractivity contribution >= 4 is 5.97 Å². The lowest BCUT2D eigenvalue weighted by Crippen LogP contribution is -2.48. The van der Waals surface area contributed by atoms with E-state index in [0.29, 0.717) is 12.0 Å². The van der Waals surface area contributed by atoms with Gasteiger partial charge in [-0.15, -0.1) is 0 Å². The van der Waals surface area contributed by atoms with Crippen LogP contribution in [0.4, 0.5) is 0 Å². The number of benzene rings is 1. The number of hydrogen-bond acceptors (Lipinski definition) is 2. The third-order valence-electron chi connectivity index (χ3n) is 6.15. The van der Waals surface area contributed by atoms with Gasteiger partial charge >= 0.3 is 5.97 Å². The van der Waals surface area contributed by atoms with E-state index in [2.05, 4.69) is 30.8 Å². The first kappa shape index (κ1) is 14.0. The van der Waals surface area contributed by atoms with Gasteiger partial charge in [-0.25, -0.2) is 4.79 Å². The molecular weight excluding hydrogens is 272 g/mol. The first-order valence-corrected chi connectivity index (χ1v) is 8.55. The number of hydrogen-bond donors (Lipinski definition) is 0. The second-order valence-corrected chi connectivity index (χ2v) is 7.71. The van der Waals surface area contributed by atoms with Crippen molar-refractivity contribution in [3.05, 3.63) is 48.0 Å². The molecule has 0 spiro atoms. The second kappa shape index (κ2) is 5.26. The number of carbonyl (C=O) groups is 1. The van der Waals surface area contributed by atoms with Gasteiger partial charge in [-0.05, 0) is 72.8 Å². The van der Waals surface area contributed by atoms with Gasteiger partial charge in [-0.3, -0.25) is 0 Å². The van der Waals surface area contributed by atoms with Crippen LogP contribution in [0.3, 0.4) is 0 Å². The Morgan fingerprint density at radius 1 is 1.09 bits per heavy atom. The Balaban J connectivity index is 1.51. The maximum Gasteiger partial charge on any atom is 0.330 e. The lowest BCUT2D eigenvalue weighted by molar-refractivity contribution is -0.138. The number of ether oxygens (including phenoxy) is 1. The Labute approximate surface area is 132 Å². The maximum absolute atomic E-state index is 11.1. The fourth-order valence-corrected chi connectivity index (χ4v) is 5.63. The first-order valence-electron chi connectivity index (χ1n) is 8.55. The van der Waals surface area contributed by atoms with Gasteiger partial charge in [0.15, 0.2) is 0 Å². The maximum atomic E-state index is 11.1. The predicted molar refractivity (Wildman–Crippen MR) is 86.3 cm³/mol. The van der Waals surface area contributed by atoms with Crippen molar-refractivity contribution < 1.29 is 9.53 Å². The Morgan fingerprint density at radius 2 is 1.64 bits per heavy atom. The van der Waals surface area contributed by atoms with E-state index >= 15 is 0 Å². The largest absolute Gasteiger partial charge is 0.458 e. The van der Waals surface area contributed by atoms with Gasteiger partial charge in [-0.2, -0.15) is 0 Å². The van der Waals surface area contributed by atoms with Gasteiger partial charge in [0.1, 0.15) is 6.61 Å². The van der Waals surface area contributed by atoms with Gasteiger partial charge in [0.25, 0.3) is 0 Å². The van der Waals surface area contributed by atoms with E-state index in [1.807, 2.05) is 0 Å². The van der Waals surface area contributed by atoms with E-state index in [-0.39, 0.29) is 5.97 Å². The van der Waals surface area contributed by atoms with Crippen LogP contribution in [0.15, 0.2) is 36.9 Å². The van der Waals surface area contributed by atoms with Crippen molar-refractivity contribution in [2.24, 2.45) is 17.8 Å². The summed E-state index contributed by atoms with van der Waals surface area (Å²) in [5, 5.41) is 0. The molecule has 0 unspecified atom stereocenters. The highest BCUT2D eigenvalue weighted by atomic mass is 16.5. The predicted octanol–water partition coefficient (Wildman–Crippen LogP) is 4.38. The average molecular weight is 296 g/mol. The number of esters is 1. The Bertz CT molecular complexity index is 549. The van der Waals surface area contributed by atoms with E-state index in [1.165, 1.54) is 50.2 Å². The summed E-state index contributed by atoms with van der Waals surface area (Å²) in [6.45, 7) is 3.76. The van der Waals surface area contributed by atoms with Crippen LogP contribution >= 0.6 is 0 Å². The summed E-state index contributed by atoms with van der Waals surface area (Å²) in [7, 11) is 0. The molecule has 22 heavy (non-hydrogen) atoms. The van der Waals surface area contributed by atoms with E-state index in [9.17, 15) is 4.79 Å². The van der Waals surface area contributed by atoms with Crippen LogP contribution in [0, 0.1) is 17.8 Å². The molecule has 1 aromatic rings. The van der Waals surface area contributed by atoms with Crippen molar-refractivity contribution in [3.8, 4) is 0 Å². The SMILES string of the molecule is C=CC(=O)OCc1ccc(C23CC4CC(CC(C4)C2)C3)cc1. The van der Waals surface area contributed by atoms with Crippen LogP contribution in [-0.4, -0.2) is 5.97 Å². The molecule has 0 saturated heterocycles. The van der Waals surface area contributed by atoms with Gasteiger partial charge in [0, 0.05) is 6.08 Å². The molecule has 4 fully saturated rings. The molecule has 116 valence electrons. The molecule has 1 aromatic carbocycles. The minimum Gasteiger partial charge on any atom is -0.458 e. The lowest BCUT2D eigenvalue weighted by Gasteiger charge is -2.57. The molecule has 0 amide bonds. The van der Waals surface area contributed by atoms with E-state index < -0.39 is 0 Å². The summed E-state index contributed by atoms with van der Waals surface area (Å²) in [5.41, 5.74) is 3.03. The third-order valence-corrected chi connectivity index (χ3v) is 6.15. The Kier molecular flexibility index (Phi) is 3.36. The van der Waals surface area contributed by atoms with E-state index in [4.69, 9.17) is 4.74 Å². The molecule has 2 heteroatoms. The van der Waals surface area contributed by atoms with Crippen LogP contribution in [0.1, 0.15) is 49.7 Å². The van der Waals surface area contributed by atoms with Gasteiger partial charge in [-0.1, -0.05) is 30.8 Å². The molecule has 0 N–H and O–H groups in total. The van der Waals surface area contributed by atoms with Crippen LogP contribution in [0.5, 0.6) is 0 Å². The van der Waals surface area contributed by atoms with Crippen LogP contribution in [-0.2, 0) is 21.6 Å². The molecule has 5 rings (SSSR count). The summed E-state index contributed by atoms with van der Waals surface area (Å²) >= 11 is 0. The molecule has 0 aliphatic heterocycles. The first-order chi connectivity index (χ1) is 10.7. The van der Waals surface area contributed by atoms with Crippen molar-refractivity contribution in [2.45, 2.75) is 50.5 Å². The molecule has 0 atom stereocenters. The van der Waals surface area contributed by atoms with E-state index in [1.54, 1.807) is 0 Å². The average Bonchev–Trinajstić information content (AvgIpc) is 2.51. The topological polar surface area (TPSA) is 26.3 Å². The highest BCUT2D eigenvalue weighted by Crippen LogP contribution is 2.60. The smallest absolute Gasteiger partial charge is 0.330 e. The monoisotopic (exact) mass is 296 g/mol. The summed E-state index contributed by atoms with van der Waals surface area (Å²) in [6.07, 6.45) is 9.83. The fourth-order valence-electron chi connectivity index (χ4n) is 5.63. The molecular formula is C20H24O2. The quantitative estimate of drug-likeness (QED) is 0.608. The normalized spacial score (nSPS) is 35.4. The van der Waals surface area contributed by atoms with Crippen molar-refractivity contribution in [3.63, 3.8) is 0 Å². The molecule has 4 saturated carbocycles. The molecule has 0 aromatic heterocycles. The van der Waals surface area contributed by atoms with Crippen molar-refractivity contribution in [1.82, 2.24) is 0 Å². The zero-order valence-electron chi connectivity index (χ0n) is 13.1. The number of carbonyl (C=O) groups excluding carboxylic acids is 1. The summed E-state index contributed by atoms with van der Waals surface area (Å²) in [6, 6.07) is 8.82. The summed E-state index contributed by atoms with van der Waals surface area (Å²) < 4.78 is 5.11. The van der Waals surface area contributed by atoms with Crippen molar-refractivity contribution in [1.29, 1.82) is 0 Å². The Hall–Kier alpha value is -1.57. The minimum atomic E-state index is -0.356. The molecule has 4 bridgehead atoms. The molecule has 0 heterocycles. The minimum absolute atomic E-state index is 0.339. The highest BCUT2D eigenvalue weighted by molar-refractivity contribution is 5.81. The zero-order valence-corrected chi connectivity index (χ0v) is 13.1. The van der Waals surface area contributed by atoms with Gasteiger partial charge < -0.3 is 4.74 Å². The molecule has 4 aliphatic carbocycles. The van der Waals surface area contributed by atoms with E-state index in [0.717, 1.165) is 23.3 Å². The third kappa shape index (κ3) is 2.39. The lowest BCUT2D eigenvalue weighted by atomic mass is 9.48. The molecule has 0 radical (unpaired) electrons.